The minimum absolute atomic E-state index is 0.111. The summed E-state index contributed by atoms with van der Waals surface area (Å²) in [4.78, 5) is 13.0. The molecular weight excluding hydrogens is 245 g/mol. The largest absolute Gasteiger partial charge is 0.508 e. The minimum atomic E-state index is -0.402. The molecule has 0 saturated carbocycles. The first kappa shape index (κ1) is 13.1. The molecule has 98 valence electrons. The summed E-state index contributed by atoms with van der Waals surface area (Å²) in [5.74, 6) is -0.365. The van der Waals surface area contributed by atoms with E-state index in [9.17, 15) is 14.3 Å². The molecule has 0 aliphatic carbocycles. The van der Waals surface area contributed by atoms with E-state index in [1.165, 1.54) is 37.3 Å². The Morgan fingerprint density at radius 1 is 1.16 bits per heavy atom. The number of benzene rings is 2. The molecule has 4 heteroatoms. The number of carbonyl (C=O) groups is 1. The second-order valence-electron chi connectivity index (χ2n) is 4.30. The van der Waals surface area contributed by atoms with Gasteiger partial charge in [-0.2, -0.15) is 0 Å². The number of rotatable bonds is 3. The van der Waals surface area contributed by atoms with Crippen LogP contribution in [-0.4, -0.2) is 17.9 Å². The van der Waals surface area contributed by atoms with E-state index in [4.69, 9.17) is 0 Å². The molecule has 0 unspecified atom stereocenters. The second kappa shape index (κ2) is 5.10. The van der Waals surface area contributed by atoms with Crippen LogP contribution in [0.5, 0.6) is 5.75 Å². The van der Waals surface area contributed by atoms with Crippen LogP contribution in [0, 0.1) is 5.82 Å². The Kier molecular flexibility index (Phi) is 3.51. The molecular formula is C15H14FNO2. The van der Waals surface area contributed by atoms with Gasteiger partial charge in [-0.05, 0) is 49.4 Å². The molecule has 0 amide bonds. The summed E-state index contributed by atoms with van der Waals surface area (Å²) in [6.07, 6.45) is 0. The number of aromatic hydroxyl groups is 1. The van der Waals surface area contributed by atoms with E-state index < -0.39 is 5.82 Å². The number of ketones is 1. The first-order valence-electron chi connectivity index (χ1n) is 5.82. The van der Waals surface area contributed by atoms with Crippen LogP contribution in [0.2, 0.25) is 0 Å². The van der Waals surface area contributed by atoms with Crippen LogP contribution in [0.25, 0.3) is 0 Å². The van der Waals surface area contributed by atoms with Gasteiger partial charge in [0, 0.05) is 18.3 Å². The zero-order valence-electron chi connectivity index (χ0n) is 10.7. The van der Waals surface area contributed by atoms with Crippen LogP contribution in [0.4, 0.5) is 15.8 Å². The number of nitrogens with zero attached hydrogens (tertiary/aromatic N) is 1. The van der Waals surface area contributed by atoms with E-state index in [0.29, 0.717) is 11.3 Å². The third-order valence-corrected chi connectivity index (χ3v) is 2.95. The molecule has 0 aliphatic rings. The van der Waals surface area contributed by atoms with Crippen molar-refractivity contribution in [3.05, 3.63) is 53.8 Å². The van der Waals surface area contributed by atoms with Crippen molar-refractivity contribution in [2.24, 2.45) is 0 Å². The zero-order chi connectivity index (χ0) is 14.0. The lowest BCUT2D eigenvalue weighted by atomic mass is 10.1. The van der Waals surface area contributed by atoms with E-state index in [1.807, 2.05) is 0 Å². The molecule has 0 radical (unpaired) electrons. The highest BCUT2D eigenvalue weighted by Crippen LogP contribution is 2.28. The van der Waals surface area contributed by atoms with E-state index >= 15 is 0 Å². The fourth-order valence-corrected chi connectivity index (χ4v) is 1.80. The van der Waals surface area contributed by atoms with Gasteiger partial charge >= 0.3 is 0 Å². The summed E-state index contributed by atoms with van der Waals surface area (Å²) in [5.41, 5.74) is 1.50. The standard InChI is InChI=1S/C15H14FNO2/c1-10(18)11-3-8-14(16)15(9-11)17(2)12-4-6-13(19)7-5-12/h3-9,19H,1-2H3. The van der Waals surface area contributed by atoms with Crippen LogP contribution in [0.1, 0.15) is 17.3 Å². The van der Waals surface area contributed by atoms with Crippen molar-refractivity contribution in [3.8, 4) is 5.75 Å². The molecule has 0 aliphatic heterocycles. The lowest BCUT2D eigenvalue weighted by Gasteiger charge is -2.20. The topological polar surface area (TPSA) is 40.5 Å². The molecule has 2 aromatic rings. The van der Waals surface area contributed by atoms with E-state index in [0.717, 1.165) is 5.69 Å². The molecule has 0 spiro atoms. The van der Waals surface area contributed by atoms with Crippen LogP contribution < -0.4 is 4.90 Å². The van der Waals surface area contributed by atoms with E-state index in [-0.39, 0.29) is 11.5 Å². The van der Waals surface area contributed by atoms with Gasteiger partial charge in [-0.25, -0.2) is 4.39 Å². The molecule has 0 heterocycles. The van der Waals surface area contributed by atoms with Gasteiger partial charge in [0.25, 0.3) is 0 Å². The number of hydrogen-bond acceptors (Lipinski definition) is 3. The molecule has 0 aromatic heterocycles. The molecule has 3 nitrogen and oxygen atoms in total. The highest BCUT2D eigenvalue weighted by Gasteiger charge is 2.12. The van der Waals surface area contributed by atoms with Crippen molar-refractivity contribution >= 4 is 17.2 Å². The van der Waals surface area contributed by atoms with Crippen molar-refractivity contribution in [1.82, 2.24) is 0 Å². The van der Waals surface area contributed by atoms with E-state index in [1.54, 1.807) is 24.1 Å². The van der Waals surface area contributed by atoms with Crippen LogP contribution in [-0.2, 0) is 0 Å². The summed E-state index contributed by atoms with van der Waals surface area (Å²) in [6, 6.07) is 10.7. The van der Waals surface area contributed by atoms with Gasteiger partial charge in [-0.15, -0.1) is 0 Å². The van der Waals surface area contributed by atoms with Crippen LogP contribution >= 0.6 is 0 Å². The fourth-order valence-electron chi connectivity index (χ4n) is 1.80. The highest BCUT2D eigenvalue weighted by molar-refractivity contribution is 5.95. The SMILES string of the molecule is CC(=O)c1ccc(F)c(N(C)c2ccc(O)cc2)c1. The third-order valence-electron chi connectivity index (χ3n) is 2.95. The average Bonchev–Trinajstić information content (AvgIpc) is 2.39. The quantitative estimate of drug-likeness (QED) is 0.857. The molecule has 0 fully saturated rings. The number of phenolic OH excluding ortho intramolecular Hbond substituents is 1. The van der Waals surface area contributed by atoms with Crippen molar-refractivity contribution in [2.45, 2.75) is 6.92 Å². The fraction of sp³-hybridized carbons (Fsp3) is 0.133. The summed E-state index contributed by atoms with van der Waals surface area (Å²) in [6.45, 7) is 1.44. The number of carbonyl (C=O) groups excluding carboxylic acids is 1. The summed E-state index contributed by atoms with van der Waals surface area (Å²) >= 11 is 0. The Labute approximate surface area is 110 Å². The maximum Gasteiger partial charge on any atom is 0.159 e. The first-order valence-corrected chi connectivity index (χ1v) is 5.82. The van der Waals surface area contributed by atoms with Gasteiger partial charge in [0.05, 0.1) is 5.69 Å². The molecule has 0 bridgehead atoms. The Hall–Kier alpha value is -2.36. The van der Waals surface area contributed by atoms with Crippen LogP contribution in [0.3, 0.4) is 0 Å². The smallest absolute Gasteiger partial charge is 0.159 e. The van der Waals surface area contributed by atoms with Gasteiger partial charge < -0.3 is 10.0 Å². The molecule has 2 rings (SSSR count). The molecule has 1 N–H and O–H groups in total. The summed E-state index contributed by atoms with van der Waals surface area (Å²) < 4.78 is 13.8. The summed E-state index contributed by atoms with van der Waals surface area (Å²) in [5, 5.41) is 9.24. The highest BCUT2D eigenvalue weighted by atomic mass is 19.1. The number of phenols is 1. The normalized spacial score (nSPS) is 10.3. The lowest BCUT2D eigenvalue weighted by Crippen LogP contribution is -2.12. The van der Waals surface area contributed by atoms with Gasteiger partial charge in [0.2, 0.25) is 0 Å². The van der Waals surface area contributed by atoms with E-state index in [2.05, 4.69) is 0 Å². The predicted octanol–water partition coefficient (Wildman–Crippen LogP) is 3.50. The number of halogens is 1. The maximum absolute atomic E-state index is 13.8. The zero-order valence-corrected chi connectivity index (χ0v) is 10.7. The molecule has 0 saturated heterocycles. The monoisotopic (exact) mass is 259 g/mol. The summed E-state index contributed by atoms with van der Waals surface area (Å²) in [7, 11) is 1.70. The first-order chi connectivity index (χ1) is 8.99. The average molecular weight is 259 g/mol. The number of anilines is 2. The van der Waals surface area contributed by atoms with Crippen molar-refractivity contribution in [2.75, 3.05) is 11.9 Å². The van der Waals surface area contributed by atoms with Crippen molar-refractivity contribution in [3.63, 3.8) is 0 Å². The number of hydrogen-bond donors (Lipinski definition) is 1. The Bertz CT molecular complexity index is 608. The molecule has 19 heavy (non-hydrogen) atoms. The second-order valence-corrected chi connectivity index (χ2v) is 4.30. The third kappa shape index (κ3) is 2.73. The van der Waals surface area contributed by atoms with Crippen molar-refractivity contribution in [1.29, 1.82) is 0 Å². The lowest BCUT2D eigenvalue weighted by molar-refractivity contribution is 0.101. The Balaban J connectivity index is 2.42. The Morgan fingerprint density at radius 2 is 1.79 bits per heavy atom. The van der Waals surface area contributed by atoms with Gasteiger partial charge in [0.15, 0.2) is 5.78 Å². The van der Waals surface area contributed by atoms with Gasteiger partial charge in [-0.1, -0.05) is 0 Å². The molecule has 2 aromatic carbocycles. The Morgan fingerprint density at radius 3 is 2.37 bits per heavy atom. The van der Waals surface area contributed by atoms with Gasteiger partial charge in [0.1, 0.15) is 11.6 Å². The van der Waals surface area contributed by atoms with Crippen molar-refractivity contribution < 1.29 is 14.3 Å². The number of Topliss-reactive ketones (excluding diaryl/α,β-unsaturated/α-hetero) is 1. The van der Waals surface area contributed by atoms with Gasteiger partial charge in [-0.3, -0.25) is 4.79 Å². The molecule has 0 atom stereocenters. The van der Waals surface area contributed by atoms with Crippen LogP contribution in [0.15, 0.2) is 42.5 Å². The predicted molar refractivity (Wildman–Crippen MR) is 72.6 cm³/mol. The minimum Gasteiger partial charge on any atom is -0.508 e. The maximum atomic E-state index is 13.8.